The van der Waals surface area contributed by atoms with Gasteiger partial charge in [-0.2, -0.15) is 0 Å². The van der Waals surface area contributed by atoms with E-state index in [1.54, 1.807) is 0 Å². The van der Waals surface area contributed by atoms with Crippen LogP contribution in [0.5, 0.6) is 0 Å². The zero-order valence-electron chi connectivity index (χ0n) is 9.41. The van der Waals surface area contributed by atoms with Gasteiger partial charge in [-0.15, -0.1) is 12.4 Å². The van der Waals surface area contributed by atoms with Crippen molar-refractivity contribution in [2.45, 2.75) is 6.10 Å². The molecule has 1 unspecified atom stereocenters. The van der Waals surface area contributed by atoms with E-state index >= 15 is 0 Å². The van der Waals surface area contributed by atoms with Crippen molar-refractivity contribution in [2.75, 3.05) is 6.54 Å². The predicted octanol–water partition coefficient (Wildman–Crippen LogP) is 2.77. The second-order valence-electron chi connectivity index (χ2n) is 3.74. The number of benzene rings is 2. The van der Waals surface area contributed by atoms with Gasteiger partial charge in [0.1, 0.15) is 0 Å². The second kappa shape index (κ2) is 6.40. The summed E-state index contributed by atoms with van der Waals surface area (Å²) in [6.07, 6.45) is -0.565. The van der Waals surface area contributed by atoms with Crippen LogP contribution >= 0.6 is 12.4 Å². The smallest absolute Gasteiger partial charge is 0.0912 e. The minimum absolute atomic E-state index is 0. The van der Waals surface area contributed by atoms with Crippen molar-refractivity contribution in [1.82, 2.24) is 0 Å². The van der Waals surface area contributed by atoms with Gasteiger partial charge >= 0.3 is 0 Å². The third kappa shape index (κ3) is 3.30. The van der Waals surface area contributed by atoms with Crippen LogP contribution in [-0.2, 0) is 0 Å². The molecule has 0 saturated carbocycles. The van der Waals surface area contributed by atoms with E-state index in [0.29, 0.717) is 0 Å². The standard InChI is InChI=1S/C14H15NO.ClH/c15-10-14(16)13-8-6-12(7-9-13)11-4-2-1-3-5-11;/h1-9,14,16H,10,15H2;1H. The van der Waals surface area contributed by atoms with Crippen molar-refractivity contribution in [3.63, 3.8) is 0 Å². The molecule has 0 bridgehead atoms. The van der Waals surface area contributed by atoms with E-state index in [2.05, 4.69) is 12.1 Å². The van der Waals surface area contributed by atoms with E-state index in [1.165, 1.54) is 5.56 Å². The predicted molar refractivity (Wildman–Crippen MR) is 73.1 cm³/mol. The van der Waals surface area contributed by atoms with Crippen LogP contribution in [0.25, 0.3) is 11.1 Å². The van der Waals surface area contributed by atoms with Crippen LogP contribution in [0.2, 0.25) is 0 Å². The Hall–Kier alpha value is -1.35. The minimum Gasteiger partial charge on any atom is -0.387 e. The normalized spacial score (nSPS) is 11.6. The molecule has 3 heteroatoms. The summed E-state index contributed by atoms with van der Waals surface area (Å²) in [5, 5.41) is 9.57. The number of rotatable bonds is 3. The zero-order valence-corrected chi connectivity index (χ0v) is 10.2. The summed E-state index contributed by atoms with van der Waals surface area (Å²) in [4.78, 5) is 0. The molecule has 1 atom stereocenters. The van der Waals surface area contributed by atoms with E-state index in [1.807, 2.05) is 42.5 Å². The number of aliphatic hydroxyl groups is 1. The van der Waals surface area contributed by atoms with Gasteiger partial charge < -0.3 is 10.8 Å². The average Bonchev–Trinajstić information content (AvgIpc) is 2.39. The molecule has 0 aliphatic heterocycles. The Labute approximate surface area is 108 Å². The highest BCUT2D eigenvalue weighted by molar-refractivity contribution is 5.85. The molecule has 0 aliphatic carbocycles. The maximum Gasteiger partial charge on any atom is 0.0912 e. The van der Waals surface area contributed by atoms with Gasteiger partial charge in [0.2, 0.25) is 0 Å². The number of aliphatic hydroxyl groups excluding tert-OH is 1. The third-order valence-corrected chi connectivity index (χ3v) is 2.63. The van der Waals surface area contributed by atoms with Crippen LogP contribution in [0.1, 0.15) is 11.7 Å². The first kappa shape index (κ1) is 13.7. The lowest BCUT2D eigenvalue weighted by atomic mass is 10.0. The Bertz CT molecular complexity index is 442. The molecule has 0 amide bonds. The minimum atomic E-state index is -0.565. The van der Waals surface area contributed by atoms with Gasteiger partial charge in [-0.1, -0.05) is 54.6 Å². The van der Waals surface area contributed by atoms with Crippen molar-refractivity contribution < 1.29 is 5.11 Å². The van der Waals surface area contributed by atoms with Crippen molar-refractivity contribution in [2.24, 2.45) is 5.73 Å². The average molecular weight is 250 g/mol. The SMILES string of the molecule is Cl.NCC(O)c1ccc(-c2ccccc2)cc1. The summed E-state index contributed by atoms with van der Waals surface area (Å²) < 4.78 is 0. The third-order valence-electron chi connectivity index (χ3n) is 2.63. The van der Waals surface area contributed by atoms with E-state index in [4.69, 9.17) is 5.73 Å². The molecule has 0 aliphatic rings. The molecule has 0 fully saturated rings. The lowest BCUT2D eigenvalue weighted by molar-refractivity contribution is 0.187. The van der Waals surface area contributed by atoms with Crippen molar-refractivity contribution >= 4 is 12.4 Å². The van der Waals surface area contributed by atoms with Crippen LogP contribution in [0, 0.1) is 0 Å². The molecule has 17 heavy (non-hydrogen) atoms. The zero-order chi connectivity index (χ0) is 11.4. The highest BCUT2D eigenvalue weighted by atomic mass is 35.5. The van der Waals surface area contributed by atoms with Gasteiger partial charge in [0, 0.05) is 6.54 Å². The Kier molecular flexibility index (Phi) is 5.16. The number of hydrogen-bond donors (Lipinski definition) is 2. The number of hydrogen-bond acceptors (Lipinski definition) is 2. The molecule has 0 saturated heterocycles. The summed E-state index contributed by atoms with van der Waals surface area (Å²) in [7, 11) is 0. The fraction of sp³-hybridized carbons (Fsp3) is 0.143. The van der Waals surface area contributed by atoms with Gasteiger partial charge in [-0.05, 0) is 16.7 Å². The van der Waals surface area contributed by atoms with Gasteiger partial charge in [-0.3, -0.25) is 0 Å². The Balaban J connectivity index is 0.00000144. The number of nitrogens with two attached hydrogens (primary N) is 1. The lowest BCUT2D eigenvalue weighted by Gasteiger charge is -2.08. The maximum atomic E-state index is 9.57. The molecule has 2 rings (SSSR count). The van der Waals surface area contributed by atoms with Gasteiger partial charge in [0.15, 0.2) is 0 Å². The Morgan fingerprint density at radius 3 is 1.94 bits per heavy atom. The Morgan fingerprint density at radius 2 is 1.41 bits per heavy atom. The monoisotopic (exact) mass is 249 g/mol. The molecule has 0 spiro atoms. The first-order chi connectivity index (χ1) is 7.81. The van der Waals surface area contributed by atoms with Crippen LogP contribution in [0.3, 0.4) is 0 Å². The summed E-state index contributed by atoms with van der Waals surface area (Å²) in [6, 6.07) is 18.0. The highest BCUT2D eigenvalue weighted by Crippen LogP contribution is 2.21. The van der Waals surface area contributed by atoms with Crippen molar-refractivity contribution in [1.29, 1.82) is 0 Å². The molecule has 2 nitrogen and oxygen atoms in total. The lowest BCUT2D eigenvalue weighted by Crippen LogP contribution is -2.11. The van der Waals surface area contributed by atoms with Gasteiger partial charge in [0.25, 0.3) is 0 Å². The fourth-order valence-electron chi connectivity index (χ4n) is 1.66. The van der Waals surface area contributed by atoms with Crippen LogP contribution in [0.4, 0.5) is 0 Å². The first-order valence-corrected chi connectivity index (χ1v) is 5.35. The van der Waals surface area contributed by atoms with E-state index in [9.17, 15) is 5.11 Å². The first-order valence-electron chi connectivity index (χ1n) is 5.35. The molecular formula is C14H16ClNO. The van der Waals surface area contributed by atoms with Crippen LogP contribution in [-0.4, -0.2) is 11.7 Å². The summed E-state index contributed by atoms with van der Waals surface area (Å²) in [5.74, 6) is 0. The van der Waals surface area contributed by atoms with Gasteiger partial charge in [0.05, 0.1) is 6.10 Å². The summed E-state index contributed by atoms with van der Waals surface area (Å²) >= 11 is 0. The molecular weight excluding hydrogens is 234 g/mol. The Morgan fingerprint density at radius 1 is 0.882 bits per heavy atom. The molecule has 0 heterocycles. The van der Waals surface area contributed by atoms with E-state index in [0.717, 1.165) is 11.1 Å². The molecule has 2 aromatic carbocycles. The highest BCUT2D eigenvalue weighted by Gasteiger charge is 2.04. The van der Waals surface area contributed by atoms with E-state index < -0.39 is 6.10 Å². The van der Waals surface area contributed by atoms with Crippen molar-refractivity contribution in [3.05, 3.63) is 60.2 Å². The largest absolute Gasteiger partial charge is 0.387 e. The maximum absolute atomic E-state index is 9.57. The summed E-state index contributed by atoms with van der Waals surface area (Å²) in [6.45, 7) is 0.255. The van der Waals surface area contributed by atoms with Gasteiger partial charge in [-0.25, -0.2) is 0 Å². The second-order valence-corrected chi connectivity index (χ2v) is 3.74. The van der Waals surface area contributed by atoms with Crippen molar-refractivity contribution in [3.8, 4) is 11.1 Å². The molecule has 3 N–H and O–H groups in total. The molecule has 0 aromatic heterocycles. The summed E-state index contributed by atoms with van der Waals surface area (Å²) in [5.41, 5.74) is 8.59. The molecule has 2 aromatic rings. The van der Waals surface area contributed by atoms with Crippen LogP contribution in [0.15, 0.2) is 54.6 Å². The number of halogens is 1. The molecule has 90 valence electrons. The topological polar surface area (TPSA) is 46.2 Å². The molecule has 0 radical (unpaired) electrons. The quantitative estimate of drug-likeness (QED) is 0.879. The fourth-order valence-corrected chi connectivity index (χ4v) is 1.66. The van der Waals surface area contributed by atoms with Crippen LogP contribution < -0.4 is 5.73 Å². The van der Waals surface area contributed by atoms with E-state index in [-0.39, 0.29) is 19.0 Å².